The molecule has 2 unspecified atom stereocenters. The third kappa shape index (κ3) is 2.53. The van der Waals surface area contributed by atoms with E-state index in [2.05, 4.69) is 9.97 Å². The van der Waals surface area contributed by atoms with Gasteiger partial charge in [0.1, 0.15) is 0 Å². The topological polar surface area (TPSA) is 81.5 Å². The predicted molar refractivity (Wildman–Crippen MR) is 77.8 cm³/mol. The van der Waals surface area contributed by atoms with Gasteiger partial charge in [0.2, 0.25) is 5.88 Å². The molecule has 21 heavy (non-hydrogen) atoms. The van der Waals surface area contributed by atoms with Gasteiger partial charge in [0.05, 0.1) is 25.4 Å². The predicted octanol–water partition coefficient (Wildman–Crippen LogP) is 1.14. The average Bonchev–Trinajstić information content (AvgIpc) is 2.48. The molecule has 116 valence electrons. The number of aliphatic hydroxyl groups is 1. The van der Waals surface area contributed by atoms with E-state index in [4.69, 9.17) is 9.47 Å². The van der Waals surface area contributed by atoms with Crippen molar-refractivity contribution in [1.82, 2.24) is 9.97 Å². The van der Waals surface area contributed by atoms with E-state index < -0.39 is 16.4 Å². The van der Waals surface area contributed by atoms with E-state index in [9.17, 15) is 9.32 Å². The van der Waals surface area contributed by atoms with Crippen LogP contribution in [0, 0.1) is 0 Å². The van der Waals surface area contributed by atoms with E-state index in [1.807, 2.05) is 0 Å². The molecule has 3 rings (SSSR count). The van der Waals surface area contributed by atoms with E-state index >= 15 is 0 Å². The Hall–Kier alpha value is -1.21. The Morgan fingerprint density at radius 2 is 1.95 bits per heavy atom. The molecule has 2 aliphatic heterocycles. The van der Waals surface area contributed by atoms with Crippen LogP contribution in [0.1, 0.15) is 37.7 Å². The molecule has 0 aliphatic carbocycles. The lowest BCUT2D eigenvalue weighted by Gasteiger charge is -2.43. The number of methoxy groups -OCH3 is 2. The van der Waals surface area contributed by atoms with Gasteiger partial charge in [-0.1, -0.05) is 6.42 Å². The van der Waals surface area contributed by atoms with Crippen molar-refractivity contribution in [3.63, 3.8) is 0 Å². The van der Waals surface area contributed by atoms with E-state index in [1.54, 1.807) is 6.20 Å². The summed E-state index contributed by atoms with van der Waals surface area (Å²) >= 11 is 0. The van der Waals surface area contributed by atoms with Gasteiger partial charge in [0.15, 0.2) is 0 Å². The van der Waals surface area contributed by atoms with Crippen LogP contribution in [0.15, 0.2) is 6.20 Å². The van der Waals surface area contributed by atoms with Crippen LogP contribution in [0.4, 0.5) is 0 Å². The molecule has 7 heteroatoms. The molecule has 2 saturated heterocycles. The lowest BCUT2D eigenvalue weighted by atomic mass is 9.81. The Morgan fingerprint density at radius 1 is 1.29 bits per heavy atom. The monoisotopic (exact) mass is 312 g/mol. The number of nitrogens with zero attached hydrogens (tertiary/aromatic N) is 2. The van der Waals surface area contributed by atoms with Crippen molar-refractivity contribution in [2.24, 2.45) is 0 Å². The van der Waals surface area contributed by atoms with Crippen LogP contribution in [0.5, 0.6) is 11.9 Å². The molecule has 3 heterocycles. The van der Waals surface area contributed by atoms with Crippen molar-refractivity contribution in [1.29, 1.82) is 0 Å². The van der Waals surface area contributed by atoms with Crippen LogP contribution in [0.3, 0.4) is 0 Å². The Labute approximate surface area is 126 Å². The molecule has 0 aromatic carbocycles. The first-order valence-corrected chi connectivity index (χ1v) is 8.42. The van der Waals surface area contributed by atoms with E-state index in [-0.39, 0.29) is 16.5 Å². The lowest BCUT2D eigenvalue weighted by molar-refractivity contribution is 0.00350. The van der Waals surface area contributed by atoms with Crippen molar-refractivity contribution in [2.45, 2.75) is 48.2 Å². The molecule has 2 fully saturated rings. The highest BCUT2D eigenvalue weighted by Gasteiger charge is 2.48. The van der Waals surface area contributed by atoms with Gasteiger partial charge < -0.3 is 14.6 Å². The van der Waals surface area contributed by atoms with Gasteiger partial charge in [-0.3, -0.25) is 4.21 Å². The Kier molecular flexibility index (Phi) is 3.88. The van der Waals surface area contributed by atoms with Gasteiger partial charge in [0.25, 0.3) is 0 Å². The van der Waals surface area contributed by atoms with E-state index in [0.717, 1.165) is 19.3 Å². The highest BCUT2D eigenvalue weighted by Crippen LogP contribution is 2.46. The zero-order valence-electron chi connectivity index (χ0n) is 12.2. The van der Waals surface area contributed by atoms with Gasteiger partial charge >= 0.3 is 6.01 Å². The molecule has 1 aromatic heterocycles. The lowest BCUT2D eigenvalue weighted by Crippen LogP contribution is -2.47. The van der Waals surface area contributed by atoms with Gasteiger partial charge in [0, 0.05) is 27.5 Å². The molecular weight excluding hydrogens is 292 g/mol. The van der Waals surface area contributed by atoms with Crippen molar-refractivity contribution in [3.8, 4) is 11.9 Å². The Balaban J connectivity index is 1.97. The van der Waals surface area contributed by atoms with Crippen LogP contribution in [0.2, 0.25) is 0 Å². The first-order valence-electron chi connectivity index (χ1n) is 7.14. The number of hydrogen-bond acceptors (Lipinski definition) is 6. The fourth-order valence-corrected chi connectivity index (χ4v) is 5.65. The minimum Gasteiger partial charge on any atom is -0.481 e. The van der Waals surface area contributed by atoms with E-state index in [0.29, 0.717) is 24.3 Å². The fraction of sp³-hybridized carbons (Fsp3) is 0.714. The van der Waals surface area contributed by atoms with Crippen LogP contribution >= 0.6 is 0 Å². The number of hydrogen-bond donors (Lipinski definition) is 1. The molecule has 2 atom stereocenters. The highest BCUT2D eigenvalue weighted by molar-refractivity contribution is 7.86. The van der Waals surface area contributed by atoms with E-state index in [1.165, 1.54) is 14.2 Å². The normalized spacial score (nSPS) is 35.3. The summed E-state index contributed by atoms with van der Waals surface area (Å²) in [5.41, 5.74) is -0.499. The summed E-state index contributed by atoms with van der Waals surface area (Å²) in [6, 6.07) is 0.207. The van der Waals surface area contributed by atoms with Crippen molar-refractivity contribution in [2.75, 3.05) is 14.2 Å². The average molecular weight is 312 g/mol. The van der Waals surface area contributed by atoms with Crippen LogP contribution in [-0.4, -0.2) is 44.0 Å². The number of fused-ring (bicyclic) bond motifs is 2. The fourth-order valence-electron chi connectivity index (χ4n) is 3.43. The summed E-state index contributed by atoms with van der Waals surface area (Å²) in [7, 11) is 2.16. The molecular formula is C14H20N2O4S. The second-order valence-electron chi connectivity index (χ2n) is 5.72. The standard InChI is InChI=1S/C14H20N2O4S/c1-19-12-11(8-15-13(16-12)20-2)14(17)6-9-4-3-5-10(7-14)21(9)18/h8-10,17H,3-7H2,1-2H3. The first kappa shape index (κ1) is 14.7. The van der Waals surface area contributed by atoms with Crippen molar-refractivity contribution in [3.05, 3.63) is 11.8 Å². The third-order valence-corrected chi connectivity index (χ3v) is 6.57. The Bertz CT molecular complexity index is 550. The van der Waals surface area contributed by atoms with Gasteiger partial charge in [-0.25, -0.2) is 4.98 Å². The maximum absolute atomic E-state index is 12.3. The summed E-state index contributed by atoms with van der Waals surface area (Å²) in [6.07, 6.45) is 5.42. The molecule has 1 aromatic rings. The van der Waals surface area contributed by atoms with Gasteiger partial charge in [-0.15, -0.1) is 0 Å². The molecule has 2 bridgehead atoms. The maximum atomic E-state index is 12.3. The number of aromatic nitrogens is 2. The quantitative estimate of drug-likeness (QED) is 0.901. The number of ether oxygens (including phenoxy) is 2. The van der Waals surface area contributed by atoms with Crippen molar-refractivity contribution < 1.29 is 18.8 Å². The minimum atomic E-state index is -1.07. The van der Waals surface area contributed by atoms with Gasteiger partial charge in [-0.05, 0) is 25.7 Å². The van der Waals surface area contributed by atoms with Crippen LogP contribution < -0.4 is 9.47 Å². The Morgan fingerprint density at radius 3 is 2.52 bits per heavy atom. The zero-order chi connectivity index (χ0) is 15.0. The molecule has 0 spiro atoms. The second-order valence-corrected chi connectivity index (χ2v) is 7.71. The summed E-state index contributed by atoms with van der Waals surface area (Å²) in [4.78, 5) is 8.24. The highest BCUT2D eigenvalue weighted by atomic mass is 32.2. The van der Waals surface area contributed by atoms with Crippen molar-refractivity contribution >= 4 is 10.8 Å². The number of rotatable bonds is 3. The summed E-state index contributed by atoms with van der Waals surface area (Å²) in [5.74, 6) is 0.329. The second kappa shape index (κ2) is 5.53. The molecule has 0 amide bonds. The molecule has 2 aliphatic rings. The summed E-state index contributed by atoms with van der Waals surface area (Å²) < 4.78 is 22.6. The summed E-state index contributed by atoms with van der Waals surface area (Å²) in [6.45, 7) is 0. The summed E-state index contributed by atoms with van der Waals surface area (Å²) in [5, 5.41) is 11.2. The smallest absolute Gasteiger partial charge is 0.319 e. The third-order valence-electron chi connectivity index (χ3n) is 4.45. The largest absolute Gasteiger partial charge is 0.481 e. The molecule has 1 N–H and O–H groups in total. The zero-order valence-corrected chi connectivity index (χ0v) is 13.1. The SMILES string of the molecule is COc1ncc(C2(O)CC3CCCC(C2)S3=O)c(OC)n1. The molecule has 0 saturated carbocycles. The maximum Gasteiger partial charge on any atom is 0.319 e. The minimum absolute atomic E-state index is 0.0503. The van der Waals surface area contributed by atoms with Crippen LogP contribution in [-0.2, 0) is 16.4 Å². The molecule has 0 radical (unpaired) electrons. The molecule has 6 nitrogen and oxygen atoms in total. The first-order chi connectivity index (χ1) is 10.1. The van der Waals surface area contributed by atoms with Gasteiger partial charge in [-0.2, -0.15) is 4.98 Å². The van der Waals surface area contributed by atoms with Crippen LogP contribution in [0.25, 0.3) is 0 Å².